The molecule has 9 heteroatoms. The monoisotopic (exact) mass is 638 g/mol. The van der Waals surface area contributed by atoms with Gasteiger partial charge in [0.15, 0.2) is 0 Å². The second-order valence-electron chi connectivity index (χ2n) is 13.3. The zero-order valence-electron chi connectivity index (χ0n) is 25.4. The molecular formula is C35H43ClN2O5S. The molecule has 1 N–H and O–H groups in total. The largest absolute Gasteiger partial charge is 0.487 e. The van der Waals surface area contributed by atoms with Crippen molar-refractivity contribution in [2.75, 3.05) is 18.0 Å². The van der Waals surface area contributed by atoms with E-state index < -0.39 is 21.2 Å². The van der Waals surface area contributed by atoms with E-state index in [1.54, 1.807) is 18.2 Å². The Morgan fingerprint density at radius 2 is 1.91 bits per heavy atom. The summed E-state index contributed by atoms with van der Waals surface area (Å²) in [4.78, 5) is 28.2. The van der Waals surface area contributed by atoms with Crippen LogP contribution in [0.3, 0.4) is 0 Å². The van der Waals surface area contributed by atoms with Crippen LogP contribution in [0, 0.1) is 29.6 Å². The van der Waals surface area contributed by atoms with E-state index in [4.69, 9.17) is 16.3 Å². The van der Waals surface area contributed by atoms with Crippen LogP contribution in [0.5, 0.6) is 5.75 Å². The van der Waals surface area contributed by atoms with Crippen molar-refractivity contribution >= 4 is 39.5 Å². The molecule has 5 atom stereocenters. The Balaban J connectivity index is 1.38. The number of carbonyl (C=O) groups is 2. The highest BCUT2D eigenvalue weighted by atomic mass is 35.5. The zero-order chi connectivity index (χ0) is 30.8. The van der Waals surface area contributed by atoms with Gasteiger partial charge in [-0.15, -0.1) is 0 Å². The Bertz CT molecular complexity index is 1520. The number of fused-ring (bicyclic) bond motifs is 3. The van der Waals surface area contributed by atoms with E-state index in [2.05, 4.69) is 9.62 Å². The van der Waals surface area contributed by atoms with Gasteiger partial charge in [0.05, 0.1) is 10.9 Å². The minimum absolute atomic E-state index is 0.191. The molecule has 2 bridgehead atoms. The van der Waals surface area contributed by atoms with Crippen molar-refractivity contribution in [3.8, 4) is 5.75 Å². The van der Waals surface area contributed by atoms with Crippen LogP contribution < -0.4 is 14.4 Å². The third-order valence-electron chi connectivity index (χ3n) is 10.2. The normalized spacial score (nSPS) is 29.8. The molecule has 2 aliphatic heterocycles. The minimum atomic E-state index is -3.94. The standard InChI is InChI=1S/C35H43ClN2O5S/c1-23-5-4-7-28(21-39)31-14-11-27(31)20-38-16-3-2-6-25-18-30(36)13-10-29(25)22-43-33-15-12-26(19-32(33)38)35(40)37-44(41,42)34(23)17-24-8-9-24/h4,7,10,12-13,15,18-19,21,23-24,27-28,31,34H,2-3,5-6,8-9,11,14,16-17,20,22H2,1H3,(H,37,40)/b7-4+/t23-,27-,28+,31+,34+/m0/s1. The van der Waals surface area contributed by atoms with E-state index in [9.17, 15) is 18.0 Å². The summed E-state index contributed by atoms with van der Waals surface area (Å²) in [6, 6.07) is 11.1. The molecule has 0 spiro atoms. The lowest BCUT2D eigenvalue weighted by atomic mass is 9.67. The number of hydrogen-bond donors (Lipinski definition) is 1. The van der Waals surface area contributed by atoms with Gasteiger partial charge in [-0.3, -0.25) is 4.79 Å². The number of aryl methyl sites for hydroxylation is 1. The summed E-state index contributed by atoms with van der Waals surface area (Å²) in [5.41, 5.74) is 3.33. The van der Waals surface area contributed by atoms with E-state index in [1.807, 2.05) is 37.3 Å². The van der Waals surface area contributed by atoms with E-state index >= 15 is 0 Å². The van der Waals surface area contributed by atoms with Crippen molar-refractivity contribution in [1.82, 2.24) is 4.72 Å². The Labute approximate surface area is 266 Å². The van der Waals surface area contributed by atoms with Crippen molar-refractivity contribution in [3.63, 3.8) is 0 Å². The van der Waals surface area contributed by atoms with Gasteiger partial charge in [0.2, 0.25) is 10.0 Å². The number of sulfonamides is 1. The van der Waals surface area contributed by atoms with E-state index in [1.165, 1.54) is 5.56 Å². The van der Waals surface area contributed by atoms with Crippen molar-refractivity contribution in [2.45, 2.75) is 76.6 Å². The van der Waals surface area contributed by atoms with Crippen molar-refractivity contribution in [1.29, 1.82) is 0 Å². The summed E-state index contributed by atoms with van der Waals surface area (Å²) in [5, 5.41) is 0.0233. The van der Waals surface area contributed by atoms with Gasteiger partial charge >= 0.3 is 0 Å². The Morgan fingerprint density at radius 1 is 1.07 bits per heavy atom. The molecule has 2 heterocycles. The van der Waals surface area contributed by atoms with Crippen LogP contribution in [0.4, 0.5) is 5.69 Å². The van der Waals surface area contributed by atoms with Crippen LogP contribution in [-0.4, -0.2) is 39.0 Å². The van der Waals surface area contributed by atoms with Crippen LogP contribution in [0.1, 0.15) is 79.8 Å². The molecule has 0 radical (unpaired) electrons. The second-order valence-corrected chi connectivity index (χ2v) is 15.7. The number of nitrogens with zero attached hydrogens (tertiary/aromatic N) is 1. The summed E-state index contributed by atoms with van der Waals surface area (Å²) >= 11 is 6.33. The highest BCUT2D eigenvalue weighted by molar-refractivity contribution is 7.90. The number of hydrogen-bond acceptors (Lipinski definition) is 6. The number of aldehydes is 1. The average Bonchev–Trinajstić information content (AvgIpc) is 3.81. The summed E-state index contributed by atoms with van der Waals surface area (Å²) in [6.45, 7) is 3.79. The maximum absolute atomic E-state index is 13.7. The molecule has 0 unspecified atom stereocenters. The highest BCUT2D eigenvalue weighted by Gasteiger charge is 2.39. The molecule has 2 fully saturated rings. The lowest BCUT2D eigenvalue weighted by Crippen LogP contribution is -2.43. The molecule has 7 nitrogen and oxygen atoms in total. The third kappa shape index (κ3) is 7.02. The quantitative estimate of drug-likeness (QED) is 0.296. The number of ether oxygens (including phenoxy) is 1. The predicted molar refractivity (Wildman–Crippen MR) is 174 cm³/mol. The molecule has 0 saturated heterocycles. The van der Waals surface area contributed by atoms with Gasteiger partial charge in [0.25, 0.3) is 5.91 Å². The fourth-order valence-corrected chi connectivity index (χ4v) is 9.16. The maximum Gasteiger partial charge on any atom is 0.264 e. The fraction of sp³-hybridized carbons (Fsp3) is 0.543. The van der Waals surface area contributed by atoms with Gasteiger partial charge in [-0.25, -0.2) is 13.1 Å². The van der Waals surface area contributed by atoms with Crippen LogP contribution in [0.2, 0.25) is 5.02 Å². The average molecular weight is 639 g/mol. The first kappa shape index (κ1) is 31.2. The van der Waals surface area contributed by atoms with Gasteiger partial charge in [-0.05, 0) is 110 Å². The zero-order valence-corrected chi connectivity index (χ0v) is 27.0. The first-order valence-electron chi connectivity index (χ1n) is 16.2. The molecule has 2 aliphatic carbocycles. The molecule has 2 aromatic carbocycles. The molecule has 6 rings (SSSR count). The number of amides is 1. The van der Waals surface area contributed by atoms with Crippen molar-refractivity contribution < 1.29 is 22.7 Å². The highest BCUT2D eigenvalue weighted by Crippen LogP contribution is 2.43. The molecule has 236 valence electrons. The number of benzene rings is 2. The maximum atomic E-state index is 13.7. The summed E-state index contributed by atoms with van der Waals surface area (Å²) in [7, 11) is -3.94. The van der Waals surface area contributed by atoms with E-state index in [-0.39, 0.29) is 17.8 Å². The molecule has 4 aliphatic rings. The van der Waals surface area contributed by atoms with Crippen LogP contribution in [0.15, 0.2) is 48.6 Å². The first-order chi connectivity index (χ1) is 21.2. The van der Waals surface area contributed by atoms with Gasteiger partial charge < -0.3 is 14.4 Å². The number of anilines is 1. The van der Waals surface area contributed by atoms with Crippen molar-refractivity contribution in [3.05, 3.63) is 70.3 Å². The Kier molecular flexibility index (Phi) is 9.39. The topological polar surface area (TPSA) is 92.8 Å². The predicted octanol–water partition coefficient (Wildman–Crippen LogP) is 6.73. The van der Waals surface area contributed by atoms with E-state index in [0.29, 0.717) is 47.6 Å². The summed E-state index contributed by atoms with van der Waals surface area (Å²) < 4.78 is 36.3. The summed E-state index contributed by atoms with van der Waals surface area (Å²) in [6.07, 6.45) is 13.0. The van der Waals surface area contributed by atoms with Crippen molar-refractivity contribution in [2.24, 2.45) is 29.6 Å². The van der Waals surface area contributed by atoms with Crippen LogP contribution >= 0.6 is 11.6 Å². The lowest BCUT2D eigenvalue weighted by Gasteiger charge is -2.43. The molecule has 1 amide bonds. The second kappa shape index (κ2) is 13.3. The molecule has 0 aromatic heterocycles. The number of nitrogens with one attached hydrogen (secondary N) is 1. The molecular weight excluding hydrogens is 596 g/mol. The third-order valence-corrected chi connectivity index (χ3v) is 12.4. The smallest absolute Gasteiger partial charge is 0.264 e. The SMILES string of the molecule is C[C@H]1C/C=C/[C@H](C=O)[C@@H]2CC[C@H]2CN2CCCCc3cc(Cl)ccc3COc3ccc(cc32)C(=O)NS(=O)(=O)[C@@H]1CC1CC1. The Morgan fingerprint density at radius 3 is 2.66 bits per heavy atom. The molecule has 44 heavy (non-hydrogen) atoms. The minimum Gasteiger partial charge on any atom is -0.487 e. The summed E-state index contributed by atoms with van der Waals surface area (Å²) in [5.74, 6) is 0.591. The van der Waals surface area contributed by atoms with Crippen LogP contribution in [-0.2, 0) is 27.8 Å². The van der Waals surface area contributed by atoms with Gasteiger partial charge in [-0.2, -0.15) is 0 Å². The fourth-order valence-electron chi connectivity index (χ4n) is 7.19. The van der Waals surface area contributed by atoms with Gasteiger partial charge in [0.1, 0.15) is 18.6 Å². The number of allylic oxidation sites excluding steroid dienone is 2. The lowest BCUT2D eigenvalue weighted by molar-refractivity contribution is -0.112. The Hall–Kier alpha value is -2.84. The van der Waals surface area contributed by atoms with Gasteiger partial charge in [-0.1, -0.05) is 49.6 Å². The molecule has 2 saturated carbocycles. The number of carbonyl (C=O) groups excluding carboxylic acids is 2. The number of rotatable bonds is 3. The molecule has 2 aromatic rings. The number of halogens is 1. The first-order valence-corrected chi connectivity index (χ1v) is 18.1. The van der Waals surface area contributed by atoms with Crippen LogP contribution in [0.25, 0.3) is 0 Å². The van der Waals surface area contributed by atoms with E-state index in [0.717, 1.165) is 75.6 Å². The van der Waals surface area contributed by atoms with Gasteiger partial charge in [0, 0.05) is 29.6 Å².